The molecule has 17 heavy (non-hydrogen) atoms. The van der Waals surface area contributed by atoms with E-state index in [4.69, 9.17) is 4.74 Å². The minimum atomic E-state index is 0.284. The molecule has 0 aromatic heterocycles. The van der Waals surface area contributed by atoms with E-state index in [1.165, 1.54) is 18.4 Å². The highest BCUT2D eigenvalue weighted by atomic mass is 16.5. The Bertz CT molecular complexity index is 314. The highest BCUT2D eigenvalue weighted by Gasteiger charge is 2.17. The van der Waals surface area contributed by atoms with Gasteiger partial charge in [-0.3, -0.25) is 0 Å². The Morgan fingerprint density at radius 3 is 2.18 bits per heavy atom. The second kappa shape index (κ2) is 6.65. The lowest BCUT2D eigenvalue weighted by atomic mass is 9.95. The van der Waals surface area contributed by atoms with Crippen LogP contribution in [0.25, 0.3) is 0 Å². The van der Waals surface area contributed by atoms with Gasteiger partial charge in [0.05, 0.1) is 7.11 Å². The first-order chi connectivity index (χ1) is 8.13. The summed E-state index contributed by atoms with van der Waals surface area (Å²) in [5.41, 5.74) is 1.64. The molecular formula is C15H25NO. The summed E-state index contributed by atoms with van der Waals surface area (Å²) in [4.78, 5) is 0. The van der Waals surface area contributed by atoms with Crippen LogP contribution in [0.15, 0.2) is 24.3 Å². The molecule has 0 bridgehead atoms. The zero-order valence-corrected chi connectivity index (χ0v) is 11.5. The summed E-state index contributed by atoms with van der Waals surface area (Å²) in [7, 11) is 1.70. The maximum atomic E-state index is 5.15. The van der Waals surface area contributed by atoms with Gasteiger partial charge in [0.1, 0.15) is 5.75 Å². The van der Waals surface area contributed by atoms with Gasteiger partial charge in [-0.05, 0) is 50.4 Å². The van der Waals surface area contributed by atoms with E-state index in [2.05, 4.69) is 38.2 Å². The van der Waals surface area contributed by atoms with Gasteiger partial charge in [0.15, 0.2) is 0 Å². The van der Waals surface area contributed by atoms with Crippen molar-refractivity contribution in [2.24, 2.45) is 0 Å². The maximum Gasteiger partial charge on any atom is 0.118 e. The Kier molecular flexibility index (Phi) is 5.49. The van der Waals surface area contributed by atoms with Gasteiger partial charge < -0.3 is 10.1 Å². The second-order valence-corrected chi connectivity index (χ2v) is 4.79. The third-order valence-electron chi connectivity index (χ3n) is 3.69. The van der Waals surface area contributed by atoms with E-state index in [1.54, 1.807) is 7.11 Å². The van der Waals surface area contributed by atoms with Gasteiger partial charge >= 0.3 is 0 Å². The molecular weight excluding hydrogens is 210 g/mol. The van der Waals surface area contributed by atoms with E-state index < -0.39 is 0 Å². The minimum absolute atomic E-state index is 0.284. The lowest BCUT2D eigenvalue weighted by molar-refractivity contribution is 0.334. The first-order valence-corrected chi connectivity index (χ1v) is 6.51. The fourth-order valence-corrected chi connectivity index (χ4v) is 1.80. The van der Waals surface area contributed by atoms with Crippen molar-refractivity contribution in [3.63, 3.8) is 0 Å². The second-order valence-electron chi connectivity index (χ2n) is 4.79. The largest absolute Gasteiger partial charge is 0.497 e. The van der Waals surface area contributed by atoms with E-state index in [0.29, 0.717) is 0 Å². The van der Waals surface area contributed by atoms with Crippen LogP contribution in [0.5, 0.6) is 5.75 Å². The number of ether oxygens (including phenoxy) is 1. The molecule has 0 aliphatic heterocycles. The maximum absolute atomic E-state index is 5.15. The topological polar surface area (TPSA) is 21.3 Å². The van der Waals surface area contributed by atoms with Crippen LogP contribution in [-0.4, -0.2) is 19.2 Å². The summed E-state index contributed by atoms with van der Waals surface area (Å²) in [6, 6.07) is 8.31. The fourth-order valence-electron chi connectivity index (χ4n) is 1.80. The highest BCUT2D eigenvalue weighted by molar-refractivity contribution is 5.27. The number of methoxy groups -OCH3 is 1. The van der Waals surface area contributed by atoms with Gasteiger partial charge in [-0.15, -0.1) is 0 Å². The molecule has 1 aromatic rings. The lowest BCUT2D eigenvalue weighted by Gasteiger charge is -2.28. The van der Waals surface area contributed by atoms with E-state index in [0.717, 1.165) is 18.7 Å². The molecule has 2 heteroatoms. The van der Waals surface area contributed by atoms with Crippen molar-refractivity contribution < 1.29 is 4.74 Å². The Hall–Kier alpha value is -1.02. The van der Waals surface area contributed by atoms with Crippen LogP contribution in [0.4, 0.5) is 0 Å². The van der Waals surface area contributed by atoms with E-state index >= 15 is 0 Å². The average molecular weight is 235 g/mol. The predicted octanol–water partition coefficient (Wildman–Crippen LogP) is 3.41. The Labute approximate surface area is 105 Å². The monoisotopic (exact) mass is 235 g/mol. The molecule has 0 atom stereocenters. The third-order valence-corrected chi connectivity index (χ3v) is 3.69. The average Bonchev–Trinajstić information content (AvgIpc) is 2.39. The highest BCUT2D eigenvalue weighted by Crippen LogP contribution is 2.14. The summed E-state index contributed by atoms with van der Waals surface area (Å²) in [6.45, 7) is 7.80. The Balaban J connectivity index is 2.40. The van der Waals surface area contributed by atoms with Crippen molar-refractivity contribution in [3.05, 3.63) is 29.8 Å². The molecule has 1 rings (SSSR count). The fraction of sp³-hybridized carbons (Fsp3) is 0.600. The van der Waals surface area contributed by atoms with Crippen molar-refractivity contribution in [1.29, 1.82) is 0 Å². The summed E-state index contributed by atoms with van der Waals surface area (Å²) in [6.07, 6.45) is 3.41. The molecule has 1 aromatic carbocycles. The molecule has 96 valence electrons. The smallest absolute Gasteiger partial charge is 0.118 e. The molecule has 0 saturated carbocycles. The van der Waals surface area contributed by atoms with Crippen LogP contribution in [0, 0.1) is 0 Å². The number of benzene rings is 1. The van der Waals surface area contributed by atoms with Crippen molar-refractivity contribution in [2.45, 2.75) is 45.6 Å². The van der Waals surface area contributed by atoms with Gasteiger partial charge in [-0.25, -0.2) is 0 Å². The van der Waals surface area contributed by atoms with Crippen LogP contribution in [0.3, 0.4) is 0 Å². The first kappa shape index (κ1) is 14.0. The van der Waals surface area contributed by atoms with Gasteiger partial charge in [0.25, 0.3) is 0 Å². The van der Waals surface area contributed by atoms with Gasteiger partial charge in [0.2, 0.25) is 0 Å². The minimum Gasteiger partial charge on any atom is -0.497 e. The van der Waals surface area contributed by atoms with E-state index in [9.17, 15) is 0 Å². The molecule has 0 aliphatic rings. The van der Waals surface area contributed by atoms with Crippen molar-refractivity contribution in [1.82, 2.24) is 5.32 Å². The normalized spacial score (nSPS) is 11.5. The molecule has 1 N–H and O–H groups in total. The molecule has 0 spiro atoms. The molecule has 2 nitrogen and oxygen atoms in total. The molecule has 0 unspecified atom stereocenters. The predicted molar refractivity (Wildman–Crippen MR) is 73.7 cm³/mol. The lowest BCUT2D eigenvalue weighted by Crippen LogP contribution is -2.42. The van der Waals surface area contributed by atoms with Crippen LogP contribution in [-0.2, 0) is 6.42 Å². The zero-order valence-electron chi connectivity index (χ0n) is 11.5. The number of hydrogen-bond acceptors (Lipinski definition) is 2. The Morgan fingerprint density at radius 1 is 1.12 bits per heavy atom. The number of hydrogen-bond donors (Lipinski definition) is 1. The van der Waals surface area contributed by atoms with Gasteiger partial charge in [0, 0.05) is 5.54 Å². The van der Waals surface area contributed by atoms with Crippen LogP contribution in [0.1, 0.15) is 39.2 Å². The quantitative estimate of drug-likeness (QED) is 0.782. The van der Waals surface area contributed by atoms with E-state index in [1.807, 2.05) is 12.1 Å². The summed E-state index contributed by atoms with van der Waals surface area (Å²) in [5.74, 6) is 0.925. The number of rotatable bonds is 7. The van der Waals surface area contributed by atoms with Crippen LogP contribution >= 0.6 is 0 Å². The van der Waals surface area contributed by atoms with Crippen LogP contribution < -0.4 is 10.1 Å². The molecule has 0 radical (unpaired) electrons. The van der Waals surface area contributed by atoms with Gasteiger partial charge in [-0.2, -0.15) is 0 Å². The first-order valence-electron chi connectivity index (χ1n) is 6.51. The summed E-state index contributed by atoms with van der Waals surface area (Å²) in [5, 5.41) is 3.64. The van der Waals surface area contributed by atoms with Gasteiger partial charge in [-0.1, -0.05) is 26.0 Å². The molecule has 0 aliphatic carbocycles. The van der Waals surface area contributed by atoms with Crippen molar-refractivity contribution in [2.75, 3.05) is 13.7 Å². The van der Waals surface area contributed by atoms with Crippen molar-refractivity contribution in [3.8, 4) is 5.75 Å². The molecule has 0 amide bonds. The molecule has 0 heterocycles. The number of nitrogens with one attached hydrogen (secondary N) is 1. The SMILES string of the molecule is CCC(C)(CC)NCCc1ccc(OC)cc1. The summed E-state index contributed by atoms with van der Waals surface area (Å²) < 4.78 is 5.15. The standard InChI is InChI=1S/C15H25NO/c1-5-15(3,6-2)16-12-11-13-7-9-14(17-4)10-8-13/h7-10,16H,5-6,11-12H2,1-4H3. The Morgan fingerprint density at radius 2 is 1.71 bits per heavy atom. The molecule has 0 saturated heterocycles. The van der Waals surface area contributed by atoms with Crippen molar-refractivity contribution >= 4 is 0 Å². The zero-order chi connectivity index (χ0) is 12.7. The third kappa shape index (κ3) is 4.39. The summed E-state index contributed by atoms with van der Waals surface area (Å²) >= 11 is 0. The van der Waals surface area contributed by atoms with E-state index in [-0.39, 0.29) is 5.54 Å². The van der Waals surface area contributed by atoms with Crippen LogP contribution in [0.2, 0.25) is 0 Å². The molecule has 0 fully saturated rings.